The number of amides is 2. The predicted molar refractivity (Wildman–Crippen MR) is 99.8 cm³/mol. The molecule has 2 aromatic carbocycles. The maximum atomic E-state index is 12.0. The molecule has 0 saturated heterocycles. The summed E-state index contributed by atoms with van der Waals surface area (Å²) in [6.07, 6.45) is 1.04. The third kappa shape index (κ3) is 2.88. The van der Waals surface area contributed by atoms with Crippen LogP contribution < -0.4 is 16.4 Å². The van der Waals surface area contributed by atoms with E-state index in [1.165, 1.54) is 22.3 Å². The van der Waals surface area contributed by atoms with Gasteiger partial charge in [0.2, 0.25) is 11.8 Å². The fourth-order valence-corrected chi connectivity index (χ4v) is 4.52. The fourth-order valence-electron chi connectivity index (χ4n) is 4.52. The summed E-state index contributed by atoms with van der Waals surface area (Å²) in [5.41, 5.74) is 10.9. The number of hydrogen-bond acceptors (Lipinski definition) is 3. The van der Waals surface area contributed by atoms with Gasteiger partial charge in [-0.05, 0) is 34.6 Å². The van der Waals surface area contributed by atoms with E-state index >= 15 is 0 Å². The zero-order valence-corrected chi connectivity index (χ0v) is 14.6. The molecule has 2 bridgehead atoms. The molecule has 0 aliphatic heterocycles. The zero-order chi connectivity index (χ0) is 18.1. The molecule has 2 amide bonds. The van der Waals surface area contributed by atoms with Crippen molar-refractivity contribution in [2.75, 3.05) is 19.6 Å². The highest BCUT2D eigenvalue weighted by Crippen LogP contribution is 2.54. The minimum absolute atomic E-state index is 0.0238. The molecule has 0 saturated carbocycles. The molecular formula is C21H23N3O2. The number of hydrogen-bond donors (Lipinski definition) is 3. The lowest BCUT2D eigenvalue weighted by Gasteiger charge is -2.45. The molecule has 2 aromatic rings. The molecule has 0 aromatic heterocycles. The van der Waals surface area contributed by atoms with Crippen molar-refractivity contribution in [2.24, 2.45) is 11.7 Å². The first-order valence-electron chi connectivity index (χ1n) is 9.10. The van der Waals surface area contributed by atoms with Crippen molar-refractivity contribution in [3.05, 3.63) is 70.8 Å². The van der Waals surface area contributed by atoms with E-state index in [1.807, 2.05) is 0 Å². The Morgan fingerprint density at radius 2 is 1.46 bits per heavy atom. The normalized spacial score (nSPS) is 22.3. The monoisotopic (exact) mass is 349 g/mol. The average Bonchev–Trinajstić information content (AvgIpc) is 2.70. The second-order valence-corrected chi connectivity index (χ2v) is 7.07. The lowest BCUT2D eigenvalue weighted by atomic mass is 9.59. The molecule has 5 heteroatoms. The molecule has 3 aliphatic carbocycles. The fraction of sp³-hybridized carbons (Fsp3) is 0.333. The van der Waals surface area contributed by atoms with E-state index < -0.39 is 0 Å². The van der Waals surface area contributed by atoms with Gasteiger partial charge in [0.15, 0.2) is 0 Å². The van der Waals surface area contributed by atoms with Crippen molar-refractivity contribution in [2.45, 2.75) is 18.3 Å². The molecule has 0 radical (unpaired) electrons. The Morgan fingerprint density at radius 1 is 0.885 bits per heavy atom. The van der Waals surface area contributed by atoms with Crippen LogP contribution in [0.15, 0.2) is 48.5 Å². The minimum atomic E-state index is -0.320. The molecule has 26 heavy (non-hydrogen) atoms. The summed E-state index contributed by atoms with van der Waals surface area (Å²) in [5.74, 6) is 0.575. The van der Waals surface area contributed by atoms with Crippen molar-refractivity contribution in [1.82, 2.24) is 10.6 Å². The van der Waals surface area contributed by atoms with Gasteiger partial charge < -0.3 is 16.4 Å². The standard InChI is InChI=1S/C21H23N3O2/c22-10-19(25)24-12-20(26)23-11-13-9-18-14-5-1-3-7-16(14)21(13)17-8-4-2-6-15(17)18/h1-8,13,18,21H,9-12,22H2,(H,23,26)(H,24,25). The molecule has 134 valence electrons. The van der Waals surface area contributed by atoms with Crippen molar-refractivity contribution >= 4 is 11.8 Å². The van der Waals surface area contributed by atoms with E-state index in [9.17, 15) is 9.59 Å². The van der Waals surface area contributed by atoms with E-state index in [0.29, 0.717) is 24.3 Å². The van der Waals surface area contributed by atoms with E-state index in [4.69, 9.17) is 5.73 Å². The van der Waals surface area contributed by atoms with Crippen LogP contribution in [-0.2, 0) is 9.59 Å². The Labute approximate surface area is 153 Å². The largest absolute Gasteiger partial charge is 0.354 e. The predicted octanol–water partition coefficient (Wildman–Crippen LogP) is 1.47. The van der Waals surface area contributed by atoms with Gasteiger partial charge in [-0.1, -0.05) is 48.5 Å². The lowest BCUT2D eigenvalue weighted by Crippen LogP contribution is -2.43. The number of nitrogens with one attached hydrogen (secondary N) is 2. The van der Waals surface area contributed by atoms with Crippen molar-refractivity contribution in [1.29, 1.82) is 0 Å². The third-order valence-electron chi connectivity index (χ3n) is 5.62. The van der Waals surface area contributed by atoms with Gasteiger partial charge in [-0.3, -0.25) is 9.59 Å². The maximum Gasteiger partial charge on any atom is 0.239 e. The van der Waals surface area contributed by atoms with Gasteiger partial charge in [-0.25, -0.2) is 0 Å². The molecule has 0 heterocycles. The number of nitrogens with two attached hydrogens (primary N) is 1. The Morgan fingerprint density at radius 3 is 2.04 bits per heavy atom. The van der Waals surface area contributed by atoms with Crippen LogP contribution in [0.1, 0.15) is 40.5 Å². The number of carbonyl (C=O) groups is 2. The second-order valence-electron chi connectivity index (χ2n) is 7.07. The molecule has 4 N–H and O–H groups in total. The van der Waals surface area contributed by atoms with E-state index in [2.05, 4.69) is 59.2 Å². The zero-order valence-electron chi connectivity index (χ0n) is 14.6. The van der Waals surface area contributed by atoms with Crippen LogP contribution in [0.2, 0.25) is 0 Å². The first kappa shape index (κ1) is 16.8. The highest BCUT2D eigenvalue weighted by Gasteiger charge is 2.42. The molecular weight excluding hydrogens is 326 g/mol. The Balaban J connectivity index is 1.51. The number of rotatable bonds is 5. The number of carbonyl (C=O) groups excluding carboxylic acids is 2. The smallest absolute Gasteiger partial charge is 0.239 e. The summed E-state index contributed by atoms with van der Waals surface area (Å²) >= 11 is 0. The summed E-state index contributed by atoms with van der Waals surface area (Å²) in [7, 11) is 0. The summed E-state index contributed by atoms with van der Waals surface area (Å²) < 4.78 is 0. The quantitative estimate of drug-likeness (QED) is 0.764. The summed E-state index contributed by atoms with van der Waals surface area (Å²) in [6, 6.07) is 17.3. The highest BCUT2D eigenvalue weighted by atomic mass is 16.2. The third-order valence-corrected chi connectivity index (χ3v) is 5.62. The topological polar surface area (TPSA) is 84.2 Å². The van der Waals surface area contributed by atoms with Crippen molar-refractivity contribution in [3.8, 4) is 0 Å². The van der Waals surface area contributed by atoms with Gasteiger partial charge in [0.25, 0.3) is 0 Å². The lowest BCUT2D eigenvalue weighted by molar-refractivity contribution is -0.125. The highest BCUT2D eigenvalue weighted by molar-refractivity contribution is 5.85. The van der Waals surface area contributed by atoms with Crippen LogP contribution in [0, 0.1) is 5.92 Å². The van der Waals surface area contributed by atoms with E-state index in [1.54, 1.807) is 0 Å². The average molecular weight is 349 g/mol. The van der Waals surface area contributed by atoms with E-state index in [-0.39, 0.29) is 24.9 Å². The van der Waals surface area contributed by atoms with Crippen molar-refractivity contribution in [3.63, 3.8) is 0 Å². The Hall–Kier alpha value is -2.66. The summed E-state index contributed by atoms with van der Waals surface area (Å²) in [4.78, 5) is 23.2. The Kier molecular flexibility index (Phi) is 4.47. The van der Waals surface area contributed by atoms with Gasteiger partial charge in [-0.2, -0.15) is 0 Å². The van der Waals surface area contributed by atoms with Crippen LogP contribution in [-0.4, -0.2) is 31.4 Å². The van der Waals surface area contributed by atoms with Gasteiger partial charge in [0.05, 0.1) is 13.1 Å². The molecule has 0 fully saturated rings. The Bertz CT molecular complexity index is 801. The van der Waals surface area contributed by atoms with Crippen LogP contribution in [0.25, 0.3) is 0 Å². The first-order chi connectivity index (χ1) is 12.7. The van der Waals surface area contributed by atoms with Gasteiger partial charge in [-0.15, -0.1) is 0 Å². The maximum absolute atomic E-state index is 12.0. The molecule has 1 unspecified atom stereocenters. The van der Waals surface area contributed by atoms with Gasteiger partial charge in [0.1, 0.15) is 0 Å². The molecule has 1 atom stereocenters. The summed E-state index contributed by atoms with van der Waals surface area (Å²) in [6.45, 7) is 0.485. The molecule has 5 nitrogen and oxygen atoms in total. The van der Waals surface area contributed by atoms with E-state index in [0.717, 1.165) is 6.42 Å². The second kappa shape index (κ2) is 6.92. The van der Waals surface area contributed by atoms with Crippen LogP contribution in [0.3, 0.4) is 0 Å². The number of benzene rings is 2. The minimum Gasteiger partial charge on any atom is -0.354 e. The van der Waals surface area contributed by atoms with Crippen LogP contribution in [0.5, 0.6) is 0 Å². The SMILES string of the molecule is NCC(=O)NCC(=O)NCC1CC2c3ccccc3C1c1ccccc12. The first-order valence-corrected chi connectivity index (χ1v) is 9.10. The molecule has 0 spiro atoms. The molecule has 5 rings (SSSR count). The van der Waals surface area contributed by atoms with Gasteiger partial charge in [0, 0.05) is 18.4 Å². The van der Waals surface area contributed by atoms with Crippen LogP contribution >= 0.6 is 0 Å². The van der Waals surface area contributed by atoms with Crippen LogP contribution in [0.4, 0.5) is 0 Å². The summed E-state index contributed by atoms with van der Waals surface area (Å²) in [5, 5.41) is 5.49. The van der Waals surface area contributed by atoms with Gasteiger partial charge >= 0.3 is 0 Å². The van der Waals surface area contributed by atoms with Crippen molar-refractivity contribution < 1.29 is 9.59 Å². The molecule has 3 aliphatic rings. The number of fused-ring (bicyclic) bond motifs is 1.